The standard InChI is InChI=1S/C9H16O/c1-9(2)7-5-4-6-8(9)10-3/h4,6,8H,5,7H2,1-3H3/t8-/m0/s1/i5D/t5-,8-. The summed E-state index contributed by atoms with van der Waals surface area (Å²) in [7, 11) is 1.72. The highest BCUT2D eigenvalue weighted by atomic mass is 16.5. The first-order valence-corrected chi connectivity index (χ1v) is 3.69. The highest BCUT2D eigenvalue weighted by molar-refractivity contribution is 5.02. The van der Waals surface area contributed by atoms with Gasteiger partial charge in [-0.3, -0.25) is 0 Å². The normalized spacial score (nSPS) is 39.3. The van der Waals surface area contributed by atoms with E-state index in [9.17, 15) is 0 Å². The monoisotopic (exact) mass is 141 g/mol. The van der Waals surface area contributed by atoms with Gasteiger partial charge in [0.15, 0.2) is 0 Å². The number of hydrogen-bond acceptors (Lipinski definition) is 1. The summed E-state index contributed by atoms with van der Waals surface area (Å²) in [6, 6.07) is 0. The van der Waals surface area contributed by atoms with Crippen molar-refractivity contribution in [3.8, 4) is 0 Å². The summed E-state index contributed by atoms with van der Waals surface area (Å²) in [4.78, 5) is 0. The summed E-state index contributed by atoms with van der Waals surface area (Å²) in [5.74, 6) is 0. The maximum Gasteiger partial charge on any atom is 0.0803 e. The Morgan fingerprint density at radius 1 is 1.70 bits per heavy atom. The molecule has 0 heterocycles. The summed E-state index contributed by atoms with van der Waals surface area (Å²) in [6.45, 7) is 4.29. The zero-order chi connectivity index (χ0) is 8.48. The van der Waals surface area contributed by atoms with Crippen molar-refractivity contribution < 1.29 is 6.11 Å². The number of allylic oxidation sites excluding steroid dienone is 1. The van der Waals surface area contributed by atoms with Gasteiger partial charge in [0.2, 0.25) is 0 Å². The average Bonchev–Trinajstić information content (AvgIpc) is 1.85. The summed E-state index contributed by atoms with van der Waals surface area (Å²) >= 11 is 0. The maximum atomic E-state index is 7.55. The lowest BCUT2D eigenvalue weighted by Gasteiger charge is -2.33. The van der Waals surface area contributed by atoms with Crippen LogP contribution in [0.2, 0.25) is 0 Å². The van der Waals surface area contributed by atoms with E-state index in [1.54, 1.807) is 7.11 Å². The fourth-order valence-corrected chi connectivity index (χ4v) is 1.33. The van der Waals surface area contributed by atoms with Crippen LogP contribution in [0.25, 0.3) is 0 Å². The van der Waals surface area contributed by atoms with Gasteiger partial charge in [-0.2, -0.15) is 0 Å². The molecule has 1 heteroatoms. The first-order valence-electron chi connectivity index (χ1n) is 4.27. The van der Waals surface area contributed by atoms with Crippen molar-refractivity contribution >= 4 is 0 Å². The van der Waals surface area contributed by atoms with Gasteiger partial charge in [-0.05, 0) is 18.2 Å². The smallest absolute Gasteiger partial charge is 0.0803 e. The first kappa shape index (κ1) is 6.41. The van der Waals surface area contributed by atoms with Gasteiger partial charge < -0.3 is 4.74 Å². The van der Waals surface area contributed by atoms with Gasteiger partial charge in [0, 0.05) is 8.48 Å². The Morgan fingerprint density at radius 3 is 2.90 bits per heavy atom. The minimum Gasteiger partial charge on any atom is -0.377 e. The number of rotatable bonds is 1. The zero-order valence-electron chi connectivity index (χ0n) is 7.92. The lowest BCUT2D eigenvalue weighted by atomic mass is 9.78. The predicted molar refractivity (Wildman–Crippen MR) is 43.0 cm³/mol. The highest BCUT2D eigenvalue weighted by Gasteiger charge is 2.28. The minimum atomic E-state index is -0.0450. The predicted octanol–water partition coefficient (Wildman–Crippen LogP) is 2.38. The second kappa shape index (κ2) is 2.75. The van der Waals surface area contributed by atoms with Crippen LogP contribution in [-0.2, 0) is 4.74 Å². The molecule has 10 heavy (non-hydrogen) atoms. The second-order valence-electron chi connectivity index (χ2n) is 3.47. The number of hydrogen-bond donors (Lipinski definition) is 0. The van der Waals surface area contributed by atoms with E-state index >= 15 is 0 Å². The Labute approximate surface area is 64.5 Å². The Balaban J connectivity index is 2.72. The molecule has 0 spiro atoms. The van der Waals surface area contributed by atoms with E-state index in [1.807, 2.05) is 12.2 Å². The summed E-state index contributed by atoms with van der Waals surface area (Å²) in [5, 5.41) is 0. The fourth-order valence-electron chi connectivity index (χ4n) is 1.33. The van der Waals surface area contributed by atoms with Crippen LogP contribution in [-0.4, -0.2) is 13.2 Å². The molecule has 0 aromatic heterocycles. The van der Waals surface area contributed by atoms with Crippen molar-refractivity contribution in [1.29, 1.82) is 0 Å². The van der Waals surface area contributed by atoms with Crippen LogP contribution in [0.4, 0.5) is 0 Å². The zero-order valence-corrected chi connectivity index (χ0v) is 6.92. The molecule has 0 saturated carbocycles. The van der Waals surface area contributed by atoms with Crippen LogP contribution < -0.4 is 0 Å². The van der Waals surface area contributed by atoms with Crippen LogP contribution in [0.5, 0.6) is 0 Å². The Bertz CT molecular complexity index is 163. The lowest BCUT2D eigenvalue weighted by molar-refractivity contribution is 0.0327. The van der Waals surface area contributed by atoms with Gasteiger partial charge in [0.05, 0.1) is 6.10 Å². The number of ether oxygens (including phenoxy) is 1. The molecule has 1 nitrogen and oxygen atoms in total. The van der Waals surface area contributed by atoms with Crippen LogP contribution >= 0.6 is 0 Å². The molecule has 1 aliphatic rings. The molecule has 2 atom stereocenters. The average molecular weight is 141 g/mol. The van der Waals surface area contributed by atoms with Crippen LogP contribution in [0.1, 0.15) is 28.0 Å². The van der Waals surface area contributed by atoms with Crippen LogP contribution in [0.3, 0.4) is 0 Å². The lowest BCUT2D eigenvalue weighted by Crippen LogP contribution is -2.31. The molecule has 0 aromatic rings. The SMILES string of the molecule is [2H][C@H]1C=C[C@H](OC)C(C)(C)C1. The van der Waals surface area contributed by atoms with E-state index in [-0.39, 0.29) is 17.9 Å². The summed E-state index contributed by atoms with van der Waals surface area (Å²) < 4.78 is 12.8. The van der Waals surface area contributed by atoms with Crippen LogP contribution in [0, 0.1) is 5.41 Å². The molecule has 1 rings (SSSR count). The van der Waals surface area contributed by atoms with Crippen molar-refractivity contribution in [3.05, 3.63) is 12.2 Å². The first-order chi connectivity index (χ1) is 5.06. The molecule has 58 valence electrons. The Morgan fingerprint density at radius 2 is 2.40 bits per heavy atom. The third-order valence-electron chi connectivity index (χ3n) is 2.09. The molecule has 0 amide bonds. The van der Waals surface area contributed by atoms with Crippen molar-refractivity contribution in [1.82, 2.24) is 0 Å². The quantitative estimate of drug-likeness (QED) is 0.509. The van der Waals surface area contributed by atoms with Crippen molar-refractivity contribution in [2.24, 2.45) is 5.41 Å². The topological polar surface area (TPSA) is 9.23 Å². The maximum absolute atomic E-state index is 7.55. The van der Waals surface area contributed by atoms with E-state index in [4.69, 9.17) is 6.11 Å². The van der Waals surface area contributed by atoms with Gasteiger partial charge in [-0.25, -0.2) is 0 Å². The van der Waals surface area contributed by atoms with Crippen molar-refractivity contribution in [2.45, 2.75) is 32.8 Å². The van der Waals surface area contributed by atoms with Gasteiger partial charge in [0.1, 0.15) is 0 Å². The number of methoxy groups -OCH3 is 1. The molecule has 0 aliphatic heterocycles. The molecule has 0 N–H and O–H groups in total. The van der Waals surface area contributed by atoms with E-state index in [0.717, 1.165) is 6.42 Å². The third kappa shape index (κ3) is 1.40. The molecule has 0 saturated heterocycles. The van der Waals surface area contributed by atoms with Crippen molar-refractivity contribution in [3.63, 3.8) is 0 Å². The highest BCUT2D eigenvalue weighted by Crippen LogP contribution is 2.32. The largest absolute Gasteiger partial charge is 0.377 e. The van der Waals surface area contributed by atoms with Gasteiger partial charge in [-0.1, -0.05) is 26.0 Å². The van der Waals surface area contributed by atoms with E-state index in [1.165, 1.54) is 0 Å². The molecular weight excluding hydrogens is 124 g/mol. The van der Waals surface area contributed by atoms with Gasteiger partial charge in [0.25, 0.3) is 0 Å². The van der Waals surface area contributed by atoms with Crippen molar-refractivity contribution in [2.75, 3.05) is 7.11 Å². The molecule has 0 aromatic carbocycles. The van der Waals surface area contributed by atoms with E-state index in [0.29, 0.717) is 0 Å². The molecule has 0 radical (unpaired) electrons. The Kier molecular flexibility index (Phi) is 1.76. The van der Waals surface area contributed by atoms with E-state index in [2.05, 4.69) is 13.8 Å². The summed E-state index contributed by atoms with van der Waals surface area (Å²) in [5.41, 5.74) is 0.121. The van der Waals surface area contributed by atoms with Gasteiger partial charge in [-0.15, -0.1) is 0 Å². The molecule has 0 fully saturated rings. The minimum absolute atomic E-state index is 0.0450. The second-order valence-corrected chi connectivity index (χ2v) is 3.47. The fraction of sp³-hybridized carbons (Fsp3) is 0.778. The Hall–Kier alpha value is -0.300. The van der Waals surface area contributed by atoms with Gasteiger partial charge >= 0.3 is 0 Å². The molecule has 1 aliphatic carbocycles. The van der Waals surface area contributed by atoms with Crippen LogP contribution in [0.15, 0.2) is 12.2 Å². The molecular formula is C9H16O. The van der Waals surface area contributed by atoms with E-state index < -0.39 is 0 Å². The molecule has 0 bridgehead atoms. The summed E-state index contributed by atoms with van der Waals surface area (Å²) in [6.07, 6.45) is 4.95. The molecule has 0 unspecified atom stereocenters. The third-order valence-corrected chi connectivity index (χ3v) is 2.09.